The molecule has 0 aliphatic rings. The summed E-state index contributed by atoms with van der Waals surface area (Å²) >= 11 is 17.9. The molecule has 5 nitrogen and oxygen atoms in total. The van der Waals surface area contributed by atoms with Crippen LogP contribution in [0, 0.1) is 0 Å². The number of carbonyl (C=O) groups is 2. The van der Waals surface area contributed by atoms with Crippen molar-refractivity contribution in [3.05, 3.63) is 63.1 Å². The fourth-order valence-corrected chi connectivity index (χ4v) is 3.03. The van der Waals surface area contributed by atoms with Crippen LogP contribution >= 0.6 is 34.8 Å². The lowest BCUT2D eigenvalue weighted by molar-refractivity contribution is -0.142. The van der Waals surface area contributed by atoms with Crippen LogP contribution in [0.3, 0.4) is 0 Å². The van der Waals surface area contributed by atoms with Crippen LogP contribution in [0.1, 0.15) is 26.3 Å². The van der Waals surface area contributed by atoms with Gasteiger partial charge in [0.1, 0.15) is 11.8 Å². The molecule has 0 unspecified atom stereocenters. The quantitative estimate of drug-likeness (QED) is 0.609. The largest absolute Gasteiger partial charge is 0.484 e. The summed E-state index contributed by atoms with van der Waals surface area (Å²) in [6, 6.07) is 11.1. The van der Waals surface area contributed by atoms with E-state index in [9.17, 15) is 9.59 Å². The van der Waals surface area contributed by atoms with Gasteiger partial charge in [0.05, 0.1) is 10.0 Å². The summed E-state index contributed by atoms with van der Waals surface area (Å²) in [5, 5.41) is 4.21. The van der Waals surface area contributed by atoms with Gasteiger partial charge in [0.15, 0.2) is 6.61 Å². The molecule has 0 saturated heterocycles. The van der Waals surface area contributed by atoms with Crippen LogP contribution in [-0.2, 0) is 16.1 Å². The second kappa shape index (κ2) is 10.7. The molecule has 0 fully saturated rings. The number of amides is 2. The summed E-state index contributed by atoms with van der Waals surface area (Å²) in [4.78, 5) is 26.9. The van der Waals surface area contributed by atoms with E-state index in [0.29, 0.717) is 20.8 Å². The van der Waals surface area contributed by atoms with Crippen LogP contribution in [-0.4, -0.2) is 35.4 Å². The van der Waals surface area contributed by atoms with E-state index in [1.807, 2.05) is 13.8 Å². The van der Waals surface area contributed by atoms with Crippen molar-refractivity contribution in [1.82, 2.24) is 10.2 Å². The minimum absolute atomic E-state index is 0.0443. The Morgan fingerprint density at radius 2 is 1.66 bits per heavy atom. The van der Waals surface area contributed by atoms with E-state index in [0.717, 1.165) is 5.56 Å². The number of rotatable bonds is 8. The van der Waals surface area contributed by atoms with Crippen LogP contribution in [0.4, 0.5) is 0 Å². The van der Waals surface area contributed by atoms with Crippen molar-refractivity contribution in [2.75, 3.05) is 6.61 Å². The van der Waals surface area contributed by atoms with E-state index in [1.54, 1.807) is 49.4 Å². The third-order valence-electron chi connectivity index (χ3n) is 4.11. The lowest BCUT2D eigenvalue weighted by Crippen LogP contribution is -2.50. The molecule has 2 aromatic carbocycles. The van der Waals surface area contributed by atoms with Crippen molar-refractivity contribution >= 4 is 46.6 Å². The number of hydrogen-bond acceptors (Lipinski definition) is 3. The SMILES string of the molecule is CC(C)NC(=O)[C@H](C)N(Cc1ccc(Cl)c(Cl)c1)C(=O)COc1ccc(Cl)cc1. The van der Waals surface area contributed by atoms with Gasteiger partial charge < -0.3 is 15.0 Å². The lowest BCUT2D eigenvalue weighted by atomic mass is 10.1. The van der Waals surface area contributed by atoms with Gasteiger partial charge in [-0.15, -0.1) is 0 Å². The van der Waals surface area contributed by atoms with E-state index < -0.39 is 6.04 Å². The summed E-state index contributed by atoms with van der Waals surface area (Å²) in [6.07, 6.45) is 0. The summed E-state index contributed by atoms with van der Waals surface area (Å²) in [7, 11) is 0. The Morgan fingerprint density at radius 1 is 1.00 bits per heavy atom. The zero-order valence-corrected chi connectivity index (χ0v) is 18.7. The van der Waals surface area contributed by atoms with Gasteiger partial charge in [-0.2, -0.15) is 0 Å². The van der Waals surface area contributed by atoms with Crippen molar-refractivity contribution in [3.8, 4) is 5.75 Å². The minimum Gasteiger partial charge on any atom is -0.484 e. The van der Waals surface area contributed by atoms with E-state index in [2.05, 4.69) is 5.32 Å². The Kier molecular flexibility index (Phi) is 8.62. The van der Waals surface area contributed by atoms with Gasteiger partial charge in [0.25, 0.3) is 5.91 Å². The monoisotopic (exact) mass is 456 g/mol. The van der Waals surface area contributed by atoms with Gasteiger partial charge in [0, 0.05) is 17.6 Å². The molecule has 156 valence electrons. The van der Waals surface area contributed by atoms with Crippen LogP contribution in [0.2, 0.25) is 15.1 Å². The number of halogens is 3. The Hall–Kier alpha value is -1.95. The Balaban J connectivity index is 2.17. The third-order valence-corrected chi connectivity index (χ3v) is 5.10. The molecule has 29 heavy (non-hydrogen) atoms. The topological polar surface area (TPSA) is 58.6 Å². The van der Waals surface area contributed by atoms with Crippen molar-refractivity contribution in [2.45, 2.75) is 39.4 Å². The van der Waals surface area contributed by atoms with Crippen LogP contribution in [0.15, 0.2) is 42.5 Å². The Labute approximate surface area is 185 Å². The number of nitrogens with one attached hydrogen (secondary N) is 1. The second-order valence-corrected chi connectivity index (χ2v) is 8.10. The highest BCUT2D eigenvalue weighted by atomic mass is 35.5. The molecule has 0 aliphatic carbocycles. The second-order valence-electron chi connectivity index (χ2n) is 6.85. The van der Waals surface area contributed by atoms with Gasteiger partial charge in [-0.1, -0.05) is 40.9 Å². The first kappa shape index (κ1) is 23.3. The first-order valence-electron chi connectivity index (χ1n) is 9.09. The standard InChI is InChI=1S/C21H23Cl3N2O3/c1-13(2)25-21(28)14(3)26(11-15-4-9-18(23)19(24)10-15)20(27)12-29-17-7-5-16(22)6-8-17/h4-10,13-14H,11-12H2,1-3H3,(H,25,28)/t14-/m0/s1. The normalized spacial score (nSPS) is 11.8. The highest BCUT2D eigenvalue weighted by molar-refractivity contribution is 6.42. The maximum absolute atomic E-state index is 12.9. The summed E-state index contributed by atoms with van der Waals surface area (Å²) in [5.41, 5.74) is 0.753. The number of carbonyl (C=O) groups excluding carboxylic acids is 2. The molecule has 1 atom stereocenters. The molecule has 1 N–H and O–H groups in total. The molecule has 2 amide bonds. The average Bonchev–Trinajstić information content (AvgIpc) is 2.67. The highest BCUT2D eigenvalue weighted by Crippen LogP contribution is 2.24. The number of benzene rings is 2. The van der Waals surface area contributed by atoms with Crippen molar-refractivity contribution in [3.63, 3.8) is 0 Å². The molecule has 8 heteroatoms. The summed E-state index contributed by atoms with van der Waals surface area (Å²) in [5.74, 6) is -0.0751. The molecule has 0 aliphatic heterocycles. The molecule has 0 spiro atoms. The van der Waals surface area contributed by atoms with E-state index in [4.69, 9.17) is 39.5 Å². The Bertz CT molecular complexity index is 857. The predicted molar refractivity (Wildman–Crippen MR) is 117 cm³/mol. The van der Waals surface area contributed by atoms with Gasteiger partial charge >= 0.3 is 0 Å². The molecule has 2 rings (SSSR count). The average molecular weight is 458 g/mol. The fourth-order valence-electron chi connectivity index (χ4n) is 2.58. The first-order valence-corrected chi connectivity index (χ1v) is 10.2. The van der Waals surface area contributed by atoms with Crippen LogP contribution < -0.4 is 10.1 Å². The molecule has 0 aromatic heterocycles. The van der Waals surface area contributed by atoms with Gasteiger partial charge in [-0.25, -0.2) is 0 Å². The first-order chi connectivity index (χ1) is 13.7. The van der Waals surface area contributed by atoms with Gasteiger partial charge in [-0.05, 0) is 62.7 Å². The predicted octanol–water partition coefficient (Wildman–Crippen LogP) is 4.97. The molecule has 2 aromatic rings. The van der Waals surface area contributed by atoms with Crippen LogP contribution in [0.5, 0.6) is 5.75 Å². The number of ether oxygens (including phenoxy) is 1. The summed E-state index contributed by atoms with van der Waals surface area (Å²) < 4.78 is 5.57. The molecule has 0 bridgehead atoms. The number of nitrogens with zero attached hydrogens (tertiary/aromatic N) is 1. The maximum Gasteiger partial charge on any atom is 0.261 e. The zero-order chi connectivity index (χ0) is 21.6. The van der Waals surface area contributed by atoms with Gasteiger partial charge in [0.2, 0.25) is 5.91 Å². The minimum atomic E-state index is -0.701. The maximum atomic E-state index is 12.9. The lowest BCUT2D eigenvalue weighted by Gasteiger charge is -2.29. The highest BCUT2D eigenvalue weighted by Gasteiger charge is 2.27. The van der Waals surface area contributed by atoms with E-state index >= 15 is 0 Å². The molecule has 0 radical (unpaired) electrons. The van der Waals surface area contributed by atoms with Crippen LogP contribution in [0.25, 0.3) is 0 Å². The van der Waals surface area contributed by atoms with E-state index in [-0.39, 0.29) is 31.0 Å². The molecule has 0 saturated carbocycles. The molecule has 0 heterocycles. The van der Waals surface area contributed by atoms with Gasteiger partial charge in [-0.3, -0.25) is 9.59 Å². The van der Waals surface area contributed by atoms with Crippen molar-refractivity contribution in [1.29, 1.82) is 0 Å². The molecular weight excluding hydrogens is 435 g/mol. The summed E-state index contributed by atoms with van der Waals surface area (Å²) in [6.45, 7) is 5.36. The smallest absolute Gasteiger partial charge is 0.261 e. The third kappa shape index (κ3) is 7.11. The molecular formula is C21H23Cl3N2O3. The zero-order valence-electron chi connectivity index (χ0n) is 16.4. The van der Waals surface area contributed by atoms with E-state index in [1.165, 1.54) is 4.90 Å². The Morgan fingerprint density at radius 3 is 2.24 bits per heavy atom. The number of hydrogen-bond donors (Lipinski definition) is 1. The van der Waals surface area contributed by atoms with Crippen molar-refractivity contribution < 1.29 is 14.3 Å². The van der Waals surface area contributed by atoms with Crippen molar-refractivity contribution in [2.24, 2.45) is 0 Å². The fraction of sp³-hybridized carbons (Fsp3) is 0.333.